The number of nitrogens with one attached hydrogen (secondary N) is 1. The quantitative estimate of drug-likeness (QED) is 0.434. The first-order chi connectivity index (χ1) is 20.0. The first kappa shape index (κ1) is 27.8. The Hall–Kier alpha value is -3.38. The monoisotopic (exact) mass is 569 g/mol. The van der Waals surface area contributed by atoms with Crippen LogP contribution in [0.1, 0.15) is 44.4 Å². The van der Waals surface area contributed by atoms with Gasteiger partial charge in [0.15, 0.2) is 5.82 Å². The van der Waals surface area contributed by atoms with Gasteiger partial charge in [-0.2, -0.15) is 9.97 Å². The van der Waals surface area contributed by atoms with Crippen molar-refractivity contribution in [3.8, 4) is 5.82 Å². The molecule has 220 valence electrons. The fraction of sp³-hybridized carbons (Fsp3) is 0.586. The molecule has 1 amide bonds. The van der Waals surface area contributed by atoms with E-state index in [2.05, 4.69) is 10.3 Å². The standard InChI is InChI=1S/C29H37F2N7O3/c1-40-21-8-6-20(7-9-21)28(39)37-11-10-19(18-37)17-32-24-16-25(35-29(34-24)36-12-14-41-15-13-36)38-23-5-3-2-4-22(23)33-27(38)26(30)31/h2-5,16,19-21,26H,6-15,17-18H2,1H3,(H,32,34,35)/t19-,20?,21?/m1/s1. The number of hydrogen-bond acceptors (Lipinski definition) is 8. The van der Waals surface area contributed by atoms with E-state index in [4.69, 9.17) is 19.4 Å². The second kappa shape index (κ2) is 12.2. The number of nitrogens with zero attached hydrogens (tertiary/aromatic N) is 6. The first-order valence-electron chi connectivity index (χ1n) is 14.5. The zero-order valence-electron chi connectivity index (χ0n) is 23.3. The zero-order valence-corrected chi connectivity index (χ0v) is 23.3. The van der Waals surface area contributed by atoms with Crippen LogP contribution in [-0.4, -0.2) is 89.5 Å². The molecule has 2 saturated heterocycles. The smallest absolute Gasteiger partial charge is 0.296 e. The molecule has 1 aromatic carbocycles. The maximum absolute atomic E-state index is 14.1. The van der Waals surface area contributed by atoms with E-state index in [1.165, 1.54) is 4.57 Å². The number of imidazole rings is 1. The average molecular weight is 570 g/mol. The van der Waals surface area contributed by atoms with Crippen LogP contribution >= 0.6 is 0 Å². The number of halogens is 2. The fourth-order valence-electron chi connectivity index (χ4n) is 6.22. The fourth-order valence-corrected chi connectivity index (χ4v) is 6.22. The molecule has 6 rings (SSSR count). The molecular weight excluding hydrogens is 532 g/mol. The number of ether oxygens (including phenoxy) is 2. The number of likely N-dealkylation sites (tertiary alicyclic amines) is 1. The molecule has 3 aromatic rings. The van der Waals surface area contributed by atoms with Crippen LogP contribution in [0.5, 0.6) is 0 Å². The average Bonchev–Trinajstić information content (AvgIpc) is 3.65. The van der Waals surface area contributed by atoms with E-state index in [0.717, 1.165) is 38.6 Å². The number of hydrogen-bond donors (Lipinski definition) is 1. The Kier molecular flexibility index (Phi) is 8.29. The van der Waals surface area contributed by atoms with Crippen molar-refractivity contribution in [3.05, 3.63) is 36.2 Å². The lowest BCUT2D eigenvalue weighted by molar-refractivity contribution is -0.136. The number of aromatic nitrogens is 4. The minimum Gasteiger partial charge on any atom is -0.381 e. The second-order valence-electron chi connectivity index (χ2n) is 11.1. The minimum atomic E-state index is -2.77. The number of methoxy groups -OCH3 is 1. The maximum Gasteiger partial charge on any atom is 0.296 e. The summed E-state index contributed by atoms with van der Waals surface area (Å²) in [6, 6.07) is 8.77. The van der Waals surface area contributed by atoms with Crippen LogP contribution in [0.25, 0.3) is 16.9 Å². The number of para-hydroxylation sites is 2. The number of alkyl halides is 2. The highest BCUT2D eigenvalue weighted by Gasteiger charge is 2.33. The number of fused-ring (bicyclic) bond motifs is 1. The predicted octanol–water partition coefficient (Wildman–Crippen LogP) is 4.06. The van der Waals surface area contributed by atoms with Crippen LogP contribution in [0.4, 0.5) is 20.5 Å². The summed E-state index contributed by atoms with van der Waals surface area (Å²) in [6.07, 6.45) is 2.04. The number of carbonyl (C=O) groups is 1. The molecule has 2 aromatic heterocycles. The molecule has 0 spiro atoms. The van der Waals surface area contributed by atoms with E-state index >= 15 is 0 Å². The van der Waals surface area contributed by atoms with Crippen LogP contribution in [0.3, 0.4) is 0 Å². The van der Waals surface area contributed by atoms with Gasteiger partial charge in [-0.05, 0) is 50.2 Å². The molecule has 0 radical (unpaired) electrons. The topological polar surface area (TPSA) is 97.6 Å². The molecule has 1 saturated carbocycles. The van der Waals surface area contributed by atoms with Crippen LogP contribution in [-0.2, 0) is 14.3 Å². The molecule has 12 heteroatoms. The number of morpholine rings is 1. The molecule has 0 unspecified atom stereocenters. The summed E-state index contributed by atoms with van der Waals surface area (Å²) in [5.41, 5.74) is 1.04. The van der Waals surface area contributed by atoms with E-state index in [1.807, 2.05) is 9.80 Å². The van der Waals surface area contributed by atoms with Crippen molar-refractivity contribution in [1.82, 2.24) is 24.4 Å². The van der Waals surface area contributed by atoms with E-state index in [-0.39, 0.29) is 29.7 Å². The number of carbonyl (C=O) groups excluding carboxylic acids is 1. The van der Waals surface area contributed by atoms with E-state index < -0.39 is 6.43 Å². The van der Waals surface area contributed by atoms with Gasteiger partial charge in [0, 0.05) is 51.8 Å². The lowest BCUT2D eigenvalue weighted by Crippen LogP contribution is -2.38. The van der Waals surface area contributed by atoms with Crippen LogP contribution in [0.15, 0.2) is 30.3 Å². The second-order valence-corrected chi connectivity index (χ2v) is 11.1. The molecule has 1 N–H and O–H groups in total. The molecule has 3 fully saturated rings. The Labute approximate surface area is 238 Å². The third kappa shape index (κ3) is 5.99. The highest BCUT2D eigenvalue weighted by Crippen LogP contribution is 2.31. The van der Waals surface area contributed by atoms with Crippen molar-refractivity contribution in [2.75, 3.05) is 63.3 Å². The van der Waals surface area contributed by atoms with E-state index in [1.54, 1.807) is 37.4 Å². The summed E-state index contributed by atoms with van der Waals surface area (Å²) >= 11 is 0. The van der Waals surface area contributed by atoms with E-state index in [0.29, 0.717) is 68.0 Å². The largest absolute Gasteiger partial charge is 0.381 e. The van der Waals surface area contributed by atoms with Gasteiger partial charge in [0.1, 0.15) is 11.6 Å². The van der Waals surface area contributed by atoms with Crippen molar-refractivity contribution in [1.29, 1.82) is 0 Å². The summed E-state index contributed by atoms with van der Waals surface area (Å²) in [6.45, 7) is 4.39. The van der Waals surface area contributed by atoms with Crippen LogP contribution in [0.2, 0.25) is 0 Å². The minimum absolute atomic E-state index is 0.0858. The van der Waals surface area contributed by atoms with Gasteiger partial charge in [-0.1, -0.05) is 12.1 Å². The van der Waals surface area contributed by atoms with Crippen LogP contribution < -0.4 is 10.2 Å². The van der Waals surface area contributed by atoms with Gasteiger partial charge in [-0.15, -0.1) is 0 Å². The summed E-state index contributed by atoms with van der Waals surface area (Å²) in [5, 5.41) is 3.43. The Bertz CT molecular complexity index is 1360. The third-order valence-electron chi connectivity index (χ3n) is 8.53. The molecule has 2 aliphatic heterocycles. The molecule has 4 heterocycles. The van der Waals surface area contributed by atoms with Gasteiger partial charge >= 0.3 is 0 Å². The van der Waals surface area contributed by atoms with Crippen molar-refractivity contribution >= 4 is 28.7 Å². The van der Waals surface area contributed by atoms with E-state index in [9.17, 15) is 13.6 Å². The summed E-state index contributed by atoms with van der Waals surface area (Å²) in [4.78, 5) is 30.8. The Morgan fingerprint density at radius 1 is 1.07 bits per heavy atom. The third-order valence-corrected chi connectivity index (χ3v) is 8.53. The molecule has 1 aliphatic carbocycles. The lowest BCUT2D eigenvalue weighted by Gasteiger charge is -2.30. The van der Waals surface area contributed by atoms with Crippen molar-refractivity contribution in [3.63, 3.8) is 0 Å². The summed E-state index contributed by atoms with van der Waals surface area (Å²) in [5.74, 6) is 1.61. The zero-order chi connectivity index (χ0) is 28.3. The van der Waals surface area contributed by atoms with Crippen LogP contribution in [0, 0.1) is 11.8 Å². The van der Waals surface area contributed by atoms with Crippen molar-refractivity contribution in [2.45, 2.75) is 44.6 Å². The summed E-state index contributed by atoms with van der Waals surface area (Å²) < 4.78 is 40.6. The highest BCUT2D eigenvalue weighted by atomic mass is 19.3. The van der Waals surface area contributed by atoms with Gasteiger partial charge in [0.25, 0.3) is 6.43 Å². The predicted molar refractivity (Wildman–Crippen MR) is 151 cm³/mol. The molecular formula is C29H37F2N7O3. The SMILES string of the molecule is COC1CCC(C(=O)N2CC[C@H](CNc3cc(-n4c(C(F)F)nc5ccccc54)nc(N4CCOCC4)n3)C2)CC1. The van der Waals surface area contributed by atoms with Gasteiger partial charge < -0.3 is 24.6 Å². The number of anilines is 2. The van der Waals surface area contributed by atoms with Crippen molar-refractivity contribution in [2.24, 2.45) is 11.8 Å². The van der Waals surface area contributed by atoms with Crippen molar-refractivity contribution < 1.29 is 23.0 Å². The normalized spacial score (nSPS) is 23.5. The first-order valence-corrected chi connectivity index (χ1v) is 14.5. The van der Waals surface area contributed by atoms with Gasteiger partial charge in [0.2, 0.25) is 11.9 Å². The Morgan fingerprint density at radius 3 is 2.61 bits per heavy atom. The molecule has 10 nitrogen and oxygen atoms in total. The number of amides is 1. The van der Waals surface area contributed by atoms with Gasteiger partial charge in [-0.3, -0.25) is 9.36 Å². The number of rotatable bonds is 8. The number of benzene rings is 1. The van der Waals surface area contributed by atoms with Gasteiger partial charge in [-0.25, -0.2) is 13.8 Å². The molecule has 3 aliphatic rings. The maximum atomic E-state index is 14.1. The molecule has 1 atom stereocenters. The highest BCUT2D eigenvalue weighted by molar-refractivity contribution is 5.79. The Morgan fingerprint density at radius 2 is 1.85 bits per heavy atom. The lowest BCUT2D eigenvalue weighted by atomic mass is 9.86. The van der Waals surface area contributed by atoms with Gasteiger partial charge in [0.05, 0.1) is 30.4 Å². The summed E-state index contributed by atoms with van der Waals surface area (Å²) in [7, 11) is 1.74. The molecule has 41 heavy (non-hydrogen) atoms. The Balaban J connectivity index is 1.20. The molecule has 0 bridgehead atoms.